The summed E-state index contributed by atoms with van der Waals surface area (Å²) in [5, 5.41) is 1.15. The number of allylic oxidation sites excluding steroid dienone is 1. The van der Waals surface area contributed by atoms with Crippen molar-refractivity contribution in [1.82, 2.24) is 4.98 Å². The molecule has 2 aromatic carbocycles. The van der Waals surface area contributed by atoms with E-state index in [1.165, 1.54) is 0 Å². The SMILES string of the molecule is C=Nc1[nH]c2ccccc2c1/C(=C\C)c1cccc(CN)c1. The Labute approximate surface area is 130 Å². The van der Waals surface area contributed by atoms with Gasteiger partial charge in [0.05, 0.1) is 0 Å². The fourth-order valence-corrected chi connectivity index (χ4v) is 2.84. The zero-order chi connectivity index (χ0) is 15.5. The molecule has 1 heterocycles. The van der Waals surface area contributed by atoms with Gasteiger partial charge in [-0.25, -0.2) is 4.99 Å². The number of hydrogen-bond acceptors (Lipinski definition) is 2. The van der Waals surface area contributed by atoms with E-state index < -0.39 is 0 Å². The first-order valence-electron chi connectivity index (χ1n) is 7.32. The Morgan fingerprint density at radius 2 is 2.05 bits per heavy atom. The van der Waals surface area contributed by atoms with Crippen molar-refractivity contribution < 1.29 is 0 Å². The summed E-state index contributed by atoms with van der Waals surface area (Å²) in [4.78, 5) is 7.51. The molecular formula is C19H19N3. The van der Waals surface area contributed by atoms with Gasteiger partial charge in [-0.15, -0.1) is 0 Å². The number of aromatic amines is 1. The predicted molar refractivity (Wildman–Crippen MR) is 94.6 cm³/mol. The van der Waals surface area contributed by atoms with Crippen LogP contribution in [0.2, 0.25) is 0 Å². The molecule has 0 spiro atoms. The molecule has 0 aliphatic heterocycles. The first-order valence-corrected chi connectivity index (χ1v) is 7.32. The average Bonchev–Trinajstić information content (AvgIpc) is 2.95. The van der Waals surface area contributed by atoms with Crippen LogP contribution in [0.5, 0.6) is 0 Å². The van der Waals surface area contributed by atoms with Crippen LogP contribution in [0.4, 0.5) is 5.82 Å². The number of aliphatic imine (C=N–C) groups is 1. The minimum atomic E-state index is 0.533. The highest BCUT2D eigenvalue weighted by Crippen LogP contribution is 2.37. The smallest absolute Gasteiger partial charge is 0.138 e. The molecule has 0 saturated carbocycles. The molecule has 110 valence electrons. The van der Waals surface area contributed by atoms with E-state index in [0.29, 0.717) is 6.54 Å². The Hall–Kier alpha value is -2.65. The first kappa shape index (κ1) is 14.3. The van der Waals surface area contributed by atoms with E-state index in [2.05, 4.69) is 47.0 Å². The number of benzene rings is 2. The zero-order valence-corrected chi connectivity index (χ0v) is 12.6. The van der Waals surface area contributed by atoms with E-state index in [4.69, 9.17) is 5.73 Å². The molecule has 0 fully saturated rings. The van der Waals surface area contributed by atoms with Gasteiger partial charge in [-0.2, -0.15) is 0 Å². The lowest BCUT2D eigenvalue weighted by atomic mass is 9.95. The molecule has 3 heteroatoms. The number of H-pyrrole nitrogens is 1. The van der Waals surface area contributed by atoms with Crippen molar-refractivity contribution in [3.8, 4) is 0 Å². The van der Waals surface area contributed by atoms with Crippen LogP contribution in [0.1, 0.15) is 23.6 Å². The highest BCUT2D eigenvalue weighted by Gasteiger charge is 2.15. The molecular weight excluding hydrogens is 270 g/mol. The third-order valence-electron chi connectivity index (χ3n) is 3.88. The molecule has 1 aromatic heterocycles. The van der Waals surface area contributed by atoms with Crippen LogP contribution in [-0.2, 0) is 6.54 Å². The van der Waals surface area contributed by atoms with Crippen LogP contribution in [0.25, 0.3) is 16.5 Å². The minimum Gasteiger partial charge on any atom is -0.339 e. The lowest BCUT2D eigenvalue weighted by molar-refractivity contribution is 1.07. The molecule has 3 aromatic rings. The molecule has 0 amide bonds. The largest absolute Gasteiger partial charge is 0.339 e. The van der Waals surface area contributed by atoms with Crippen LogP contribution in [-0.4, -0.2) is 11.7 Å². The van der Waals surface area contributed by atoms with Crippen LogP contribution >= 0.6 is 0 Å². The van der Waals surface area contributed by atoms with Crippen molar-refractivity contribution in [3.05, 3.63) is 71.3 Å². The summed E-state index contributed by atoms with van der Waals surface area (Å²) in [7, 11) is 0. The van der Waals surface area contributed by atoms with Gasteiger partial charge in [0.1, 0.15) is 5.82 Å². The molecule has 3 N–H and O–H groups in total. The normalized spacial score (nSPS) is 11.8. The third kappa shape index (κ3) is 2.36. The zero-order valence-electron chi connectivity index (χ0n) is 12.6. The van der Waals surface area contributed by atoms with Gasteiger partial charge in [-0.05, 0) is 42.5 Å². The molecule has 3 nitrogen and oxygen atoms in total. The van der Waals surface area contributed by atoms with E-state index in [9.17, 15) is 0 Å². The van der Waals surface area contributed by atoms with Gasteiger partial charge >= 0.3 is 0 Å². The number of fused-ring (bicyclic) bond motifs is 1. The number of para-hydroxylation sites is 1. The Bertz CT molecular complexity index is 856. The fraction of sp³-hybridized carbons (Fsp3) is 0.105. The Morgan fingerprint density at radius 3 is 2.77 bits per heavy atom. The van der Waals surface area contributed by atoms with Crippen LogP contribution in [0.3, 0.4) is 0 Å². The summed E-state index contributed by atoms with van der Waals surface area (Å²) in [6.07, 6.45) is 2.11. The van der Waals surface area contributed by atoms with Gasteiger partial charge in [0.15, 0.2) is 0 Å². The second kappa shape index (κ2) is 6.00. The maximum absolute atomic E-state index is 5.77. The number of rotatable bonds is 4. The standard InChI is InChI=1S/C19H19N3/c1-3-15(14-8-6-7-13(11-14)12-20)18-16-9-4-5-10-17(16)22-19(18)21-2/h3-11,22H,2,12,20H2,1H3/b15-3-. The lowest BCUT2D eigenvalue weighted by Crippen LogP contribution is -1.97. The molecule has 3 rings (SSSR count). The van der Waals surface area contributed by atoms with Crippen molar-refractivity contribution in [1.29, 1.82) is 0 Å². The van der Waals surface area contributed by atoms with Gasteiger partial charge in [-0.3, -0.25) is 0 Å². The second-order valence-corrected chi connectivity index (χ2v) is 5.16. The summed E-state index contributed by atoms with van der Waals surface area (Å²) >= 11 is 0. The molecule has 0 unspecified atom stereocenters. The lowest BCUT2D eigenvalue weighted by Gasteiger charge is -2.09. The number of nitrogens with zero attached hydrogens (tertiary/aromatic N) is 1. The topological polar surface area (TPSA) is 54.2 Å². The predicted octanol–water partition coefficient (Wildman–Crippen LogP) is 4.41. The summed E-state index contributed by atoms with van der Waals surface area (Å²) < 4.78 is 0. The minimum absolute atomic E-state index is 0.533. The molecule has 0 aliphatic carbocycles. The number of aromatic nitrogens is 1. The molecule has 0 saturated heterocycles. The Morgan fingerprint density at radius 1 is 1.23 bits per heavy atom. The van der Waals surface area contributed by atoms with E-state index in [0.717, 1.165) is 39.0 Å². The van der Waals surface area contributed by atoms with Crippen molar-refractivity contribution in [2.75, 3.05) is 0 Å². The van der Waals surface area contributed by atoms with E-state index in [1.54, 1.807) is 0 Å². The average molecular weight is 289 g/mol. The Kier molecular flexibility index (Phi) is 3.90. The summed E-state index contributed by atoms with van der Waals surface area (Å²) in [6, 6.07) is 16.5. The van der Waals surface area contributed by atoms with Crippen LogP contribution in [0, 0.1) is 0 Å². The Balaban J connectivity index is 2.25. The van der Waals surface area contributed by atoms with Gasteiger partial charge in [0.2, 0.25) is 0 Å². The monoisotopic (exact) mass is 289 g/mol. The van der Waals surface area contributed by atoms with Crippen molar-refractivity contribution in [2.45, 2.75) is 13.5 Å². The summed E-state index contributed by atoms with van der Waals surface area (Å²) in [5.41, 5.74) is 11.3. The van der Waals surface area contributed by atoms with E-state index in [-0.39, 0.29) is 0 Å². The van der Waals surface area contributed by atoms with E-state index >= 15 is 0 Å². The summed E-state index contributed by atoms with van der Waals surface area (Å²) in [5.74, 6) is 0.799. The highest BCUT2D eigenvalue weighted by molar-refractivity contribution is 6.01. The van der Waals surface area contributed by atoms with Crippen molar-refractivity contribution >= 4 is 29.0 Å². The maximum Gasteiger partial charge on any atom is 0.138 e. The van der Waals surface area contributed by atoms with Gasteiger partial charge < -0.3 is 10.7 Å². The van der Waals surface area contributed by atoms with Crippen LogP contribution in [0.15, 0.2) is 59.6 Å². The molecule has 0 bridgehead atoms. The van der Waals surface area contributed by atoms with Crippen LogP contribution < -0.4 is 5.73 Å². The quantitative estimate of drug-likeness (QED) is 0.687. The van der Waals surface area contributed by atoms with Crippen molar-refractivity contribution in [2.24, 2.45) is 10.7 Å². The second-order valence-electron chi connectivity index (χ2n) is 5.16. The molecule has 0 radical (unpaired) electrons. The highest BCUT2D eigenvalue weighted by atomic mass is 14.9. The van der Waals surface area contributed by atoms with Crippen molar-refractivity contribution in [3.63, 3.8) is 0 Å². The number of hydrogen-bond donors (Lipinski definition) is 2. The fourth-order valence-electron chi connectivity index (χ4n) is 2.84. The van der Waals surface area contributed by atoms with Gasteiger partial charge in [0, 0.05) is 23.0 Å². The summed E-state index contributed by atoms with van der Waals surface area (Å²) in [6.45, 7) is 6.28. The number of nitrogens with one attached hydrogen (secondary N) is 1. The van der Waals surface area contributed by atoms with Gasteiger partial charge in [-0.1, -0.05) is 42.5 Å². The third-order valence-corrected chi connectivity index (χ3v) is 3.88. The maximum atomic E-state index is 5.77. The van der Waals surface area contributed by atoms with E-state index in [1.807, 2.05) is 31.2 Å². The van der Waals surface area contributed by atoms with Gasteiger partial charge in [0.25, 0.3) is 0 Å². The molecule has 0 atom stereocenters. The molecule has 0 aliphatic rings. The first-order chi connectivity index (χ1) is 10.8. The molecule has 22 heavy (non-hydrogen) atoms. The number of nitrogens with two attached hydrogens (primary N) is 1.